The van der Waals surface area contributed by atoms with Gasteiger partial charge in [-0.3, -0.25) is 14.7 Å². The molecule has 0 aliphatic heterocycles. The summed E-state index contributed by atoms with van der Waals surface area (Å²) in [5.74, 6) is 1.82. The molecule has 0 bridgehead atoms. The van der Waals surface area contributed by atoms with E-state index in [2.05, 4.69) is 4.98 Å². The molecule has 0 aliphatic carbocycles. The van der Waals surface area contributed by atoms with Crippen LogP contribution in [0.15, 0.2) is 53.2 Å². The van der Waals surface area contributed by atoms with Crippen molar-refractivity contribution in [1.82, 2.24) is 9.97 Å². The Morgan fingerprint density at radius 2 is 2.11 bits per heavy atom. The van der Waals surface area contributed by atoms with Crippen LogP contribution >= 0.6 is 11.3 Å². The highest BCUT2D eigenvalue weighted by molar-refractivity contribution is 7.22. The Labute approximate surface area is 166 Å². The van der Waals surface area contributed by atoms with E-state index in [1.165, 1.54) is 11.3 Å². The maximum Gasteiger partial charge on any atom is 0.263 e. The number of para-hydroxylation sites is 1. The number of nitrogens with zero attached hydrogens (tertiary/aromatic N) is 3. The van der Waals surface area contributed by atoms with Gasteiger partial charge in [-0.2, -0.15) is 0 Å². The normalized spacial score (nSPS) is 11.0. The number of methoxy groups -OCH3 is 1. The van der Waals surface area contributed by atoms with E-state index in [1.54, 1.807) is 37.4 Å². The minimum atomic E-state index is -0.156. The minimum Gasteiger partial charge on any atom is -0.494 e. The van der Waals surface area contributed by atoms with Gasteiger partial charge in [0.2, 0.25) is 0 Å². The molecule has 0 fully saturated rings. The maximum absolute atomic E-state index is 13.4. The van der Waals surface area contributed by atoms with Crippen molar-refractivity contribution in [3.05, 3.63) is 71.4 Å². The Morgan fingerprint density at radius 1 is 1.25 bits per heavy atom. The molecule has 0 saturated heterocycles. The molecule has 3 heterocycles. The largest absolute Gasteiger partial charge is 0.494 e. The number of pyridine rings is 1. The number of anilines is 1. The lowest BCUT2D eigenvalue weighted by Crippen LogP contribution is -2.30. The summed E-state index contributed by atoms with van der Waals surface area (Å²) >= 11 is 1.45. The molecule has 0 N–H and O–H groups in total. The first-order valence-electron chi connectivity index (χ1n) is 8.78. The van der Waals surface area contributed by atoms with Gasteiger partial charge in [-0.05, 0) is 43.7 Å². The number of fused-ring (bicyclic) bond motifs is 1. The summed E-state index contributed by atoms with van der Waals surface area (Å²) in [6, 6.07) is 11.3. The Kier molecular flexibility index (Phi) is 4.83. The number of aromatic nitrogens is 2. The van der Waals surface area contributed by atoms with Gasteiger partial charge in [0.25, 0.3) is 5.91 Å². The van der Waals surface area contributed by atoms with Crippen LogP contribution in [0.1, 0.15) is 27.4 Å². The molecule has 0 atom stereocenters. The number of aryl methyl sites for hydroxylation is 2. The van der Waals surface area contributed by atoms with Crippen molar-refractivity contribution in [3.8, 4) is 5.75 Å². The Bertz CT molecular complexity index is 1130. The second kappa shape index (κ2) is 7.44. The summed E-state index contributed by atoms with van der Waals surface area (Å²) in [7, 11) is 1.62. The number of thiazole rings is 1. The first-order valence-corrected chi connectivity index (χ1v) is 9.60. The van der Waals surface area contributed by atoms with E-state index >= 15 is 0 Å². The average molecular weight is 393 g/mol. The van der Waals surface area contributed by atoms with Crippen LogP contribution in [0.5, 0.6) is 5.75 Å². The van der Waals surface area contributed by atoms with Crippen LogP contribution in [0, 0.1) is 13.8 Å². The number of furan rings is 1. The molecule has 6 nitrogen and oxygen atoms in total. The predicted molar refractivity (Wildman–Crippen MR) is 109 cm³/mol. The summed E-state index contributed by atoms with van der Waals surface area (Å²) < 4.78 is 11.9. The second-order valence-corrected chi connectivity index (χ2v) is 7.39. The van der Waals surface area contributed by atoms with Crippen molar-refractivity contribution in [3.63, 3.8) is 0 Å². The molecule has 142 valence electrons. The van der Waals surface area contributed by atoms with Gasteiger partial charge in [-0.15, -0.1) is 0 Å². The van der Waals surface area contributed by atoms with E-state index in [0.29, 0.717) is 34.5 Å². The standard InChI is InChI=1S/C21H19N3O3S/c1-13-10-16(14(2)27-13)20(25)24(12-15-6-5-9-22-11-15)21-23-19-17(26-3)7-4-8-18(19)28-21/h4-11H,12H2,1-3H3. The average Bonchev–Trinajstić information content (AvgIpc) is 3.28. The monoisotopic (exact) mass is 393 g/mol. The van der Waals surface area contributed by atoms with E-state index in [0.717, 1.165) is 15.8 Å². The van der Waals surface area contributed by atoms with Gasteiger partial charge < -0.3 is 9.15 Å². The van der Waals surface area contributed by atoms with E-state index in [9.17, 15) is 4.79 Å². The number of hydrogen-bond donors (Lipinski definition) is 0. The predicted octanol–water partition coefficient (Wildman–Crippen LogP) is 4.76. The highest BCUT2D eigenvalue weighted by Crippen LogP contribution is 2.35. The summed E-state index contributed by atoms with van der Waals surface area (Å²) in [5.41, 5.74) is 2.20. The van der Waals surface area contributed by atoms with Crippen LogP contribution < -0.4 is 9.64 Å². The van der Waals surface area contributed by atoms with Crippen molar-refractivity contribution in [2.45, 2.75) is 20.4 Å². The third-order valence-corrected chi connectivity index (χ3v) is 5.45. The van der Waals surface area contributed by atoms with E-state index < -0.39 is 0 Å². The van der Waals surface area contributed by atoms with Gasteiger partial charge in [-0.1, -0.05) is 23.5 Å². The molecule has 3 aromatic heterocycles. The molecule has 0 saturated carbocycles. The molecule has 4 aromatic rings. The lowest BCUT2D eigenvalue weighted by atomic mass is 10.2. The molecular weight excluding hydrogens is 374 g/mol. The molecule has 1 aromatic carbocycles. The maximum atomic E-state index is 13.4. The van der Waals surface area contributed by atoms with Crippen LogP contribution in [0.25, 0.3) is 10.2 Å². The van der Waals surface area contributed by atoms with Crippen LogP contribution in [-0.4, -0.2) is 23.0 Å². The van der Waals surface area contributed by atoms with Gasteiger partial charge >= 0.3 is 0 Å². The number of ether oxygens (including phenoxy) is 1. The number of carbonyl (C=O) groups is 1. The zero-order valence-electron chi connectivity index (χ0n) is 15.8. The summed E-state index contributed by atoms with van der Waals surface area (Å²) in [5, 5.41) is 0.603. The molecule has 1 amide bonds. The molecule has 7 heteroatoms. The molecule has 0 spiro atoms. The van der Waals surface area contributed by atoms with Gasteiger partial charge in [0.05, 0.1) is 23.9 Å². The van der Waals surface area contributed by atoms with Crippen molar-refractivity contribution in [2.75, 3.05) is 12.0 Å². The lowest BCUT2D eigenvalue weighted by molar-refractivity contribution is 0.0983. The van der Waals surface area contributed by atoms with Crippen molar-refractivity contribution in [1.29, 1.82) is 0 Å². The molecule has 0 radical (unpaired) electrons. The van der Waals surface area contributed by atoms with Crippen molar-refractivity contribution >= 4 is 32.6 Å². The number of carbonyl (C=O) groups excluding carboxylic acids is 1. The van der Waals surface area contributed by atoms with E-state index in [4.69, 9.17) is 14.1 Å². The molecular formula is C21H19N3O3S. The Morgan fingerprint density at radius 3 is 2.79 bits per heavy atom. The molecule has 28 heavy (non-hydrogen) atoms. The highest BCUT2D eigenvalue weighted by Gasteiger charge is 2.25. The third kappa shape index (κ3) is 3.36. The highest BCUT2D eigenvalue weighted by atomic mass is 32.1. The van der Waals surface area contributed by atoms with Crippen LogP contribution in [0.2, 0.25) is 0 Å². The zero-order chi connectivity index (χ0) is 19.7. The van der Waals surface area contributed by atoms with Gasteiger partial charge in [-0.25, -0.2) is 4.98 Å². The molecule has 0 aliphatic rings. The zero-order valence-corrected chi connectivity index (χ0v) is 16.6. The summed E-state index contributed by atoms with van der Waals surface area (Å²) in [6.45, 7) is 3.99. The summed E-state index contributed by atoms with van der Waals surface area (Å²) in [6.07, 6.45) is 3.46. The summed E-state index contributed by atoms with van der Waals surface area (Å²) in [4.78, 5) is 23.9. The smallest absolute Gasteiger partial charge is 0.263 e. The van der Waals surface area contributed by atoms with Crippen molar-refractivity contribution < 1.29 is 13.9 Å². The minimum absolute atomic E-state index is 0.156. The number of amides is 1. The van der Waals surface area contributed by atoms with Crippen molar-refractivity contribution in [2.24, 2.45) is 0 Å². The SMILES string of the molecule is COc1cccc2sc(N(Cc3cccnc3)C(=O)c3cc(C)oc3C)nc12. The van der Waals surface area contributed by atoms with Crippen LogP contribution in [0.3, 0.4) is 0 Å². The second-order valence-electron chi connectivity index (χ2n) is 6.38. The fraction of sp³-hybridized carbons (Fsp3) is 0.190. The first kappa shape index (κ1) is 18.2. The van der Waals surface area contributed by atoms with E-state index in [-0.39, 0.29) is 5.91 Å². The number of hydrogen-bond acceptors (Lipinski definition) is 6. The lowest BCUT2D eigenvalue weighted by Gasteiger charge is -2.19. The van der Waals surface area contributed by atoms with Gasteiger partial charge in [0, 0.05) is 12.4 Å². The van der Waals surface area contributed by atoms with Crippen LogP contribution in [-0.2, 0) is 6.54 Å². The molecule has 0 unspecified atom stereocenters. The van der Waals surface area contributed by atoms with Crippen LogP contribution in [0.4, 0.5) is 5.13 Å². The Balaban J connectivity index is 1.81. The first-order chi connectivity index (χ1) is 13.6. The molecule has 4 rings (SSSR count). The van der Waals surface area contributed by atoms with Gasteiger partial charge in [0.1, 0.15) is 22.8 Å². The van der Waals surface area contributed by atoms with E-state index in [1.807, 2.05) is 37.3 Å². The fourth-order valence-electron chi connectivity index (χ4n) is 3.08. The van der Waals surface area contributed by atoms with Gasteiger partial charge in [0.15, 0.2) is 5.13 Å². The quantitative estimate of drug-likeness (QED) is 0.489. The number of benzene rings is 1. The number of rotatable bonds is 5. The Hall–Kier alpha value is -3.19. The fourth-order valence-corrected chi connectivity index (χ4v) is 4.06. The third-order valence-electron chi connectivity index (χ3n) is 4.40. The topological polar surface area (TPSA) is 68.5 Å².